The molecule has 3 amide bonds. The van der Waals surface area contributed by atoms with Gasteiger partial charge in [-0.25, -0.2) is 0 Å². The Morgan fingerprint density at radius 2 is 1.65 bits per heavy atom. The number of piperidine rings is 1. The Hall–Kier alpha value is -3.55. The van der Waals surface area contributed by atoms with E-state index in [9.17, 15) is 14.4 Å². The molecule has 1 fully saturated rings. The molecule has 2 N–H and O–H groups in total. The molecule has 1 aliphatic heterocycles. The third kappa shape index (κ3) is 6.27. The number of amides is 3. The molecule has 0 saturated carbocycles. The maximum absolute atomic E-state index is 12.9. The molecule has 34 heavy (non-hydrogen) atoms. The van der Waals surface area contributed by atoms with Gasteiger partial charge in [0.2, 0.25) is 5.91 Å². The number of ether oxygens (including phenoxy) is 2. The second-order valence-corrected chi connectivity index (χ2v) is 8.33. The van der Waals surface area contributed by atoms with E-state index >= 15 is 0 Å². The van der Waals surface area contributed by atoms with Crippen LogP contribution in [0.4, 0.5) is 0 Å². The molecule has 1 saturated heterocycles. The Bertz CT molecular complexity index is 984. The molecular weight excluding hydrogens is 434 g/mol. The maximum atomic E-state index is 12.9. The highest BCUT2D eigenvalue weighted by molar-refractivity contribution is 5.98. The molecule has 0 radical (unpaired) electrons. The Balaban J connectivity index is 1.67. The van der Waals surface area contributed by atoms with Gasteiger partial charge in [0.05, 0.1) is 14.2 Å². The van der Waals surface area contributed by atoms with Crippen molar-refractivity contribution in [2.45, 2.75) is 32.2 Å². The van der Waals surface area contributed by atoms with E-state index in [1.807, 2.05) is 6.92 Å². The molecule has 0 bridgehead atoms. The summed E-state index contributed by atoms with van der Waals surface area (Å²) < 4.78 is 10.4. The lowest BCUT2D eigenvalue weighted by Crippen LogP contribution is -2.54. The zero-order valence-electron chi connectivity index (χ0n) is 20.0. The average Bonchev–Trinajstić information content (AvgIpc) is 2.90. The van der Waals surface area contributed by atoms with Crippen molar-refractivity contribution < 1.29 is 23.9 Å². The first kappa shape index (κ1) is 25.1. The van der Waals surface area contributed by atoms with Crippen LogP contribution in [0.1, 0.15) is 46.9 Å². The number of methoxy groups -OCH3 is 2. The van der Waals surface area contributed by atoms with Crippen molar-refractivity contribution in [2.75, 3.05) is 33.9 Å². The van der Waals surface area contributed by atoms with Crippen LogP contribution in [0, 0.1) is 5.92 Å². The van der Waals surface area contributed by atoms with Crippen molar-refractivity contribution >= 4 is 17.7 Å². The second kappa shape index (κ2) is 12.1. The summed E-state index contributed by atoms with van der Waals surface area (Å²) in [6, 6.07) is 13.2. The molecular formula is C26H33N3O5. The third-order valence-electron chi connectivity index (χ3n) is 6.09. The number of carbonyl (C=O) groups is 3. The SMILES string of the molecule is CCCNC(=O)C(NC(=O)c1cccc(OC)c1)C1CCN(C(=O)c2ccc(OC)cc2)CC1. The van der Waals surface area contributed by atoms with E-state index in [0.717, 1.165) is 6.42 Å². The molecule has 2 aromatic carbocycles. The number of carbonyl (C=O) groups excluding carboxylic acids is 3. The first-order valence-electron chi connectivity index (χ1n) is 11.6. The number of rotatable bonds is 9. The molecule has 182 valence electrons. The molecule has 2 aromatic rings. The molecule has 1 unspecified atom stereocenters. The van der Waals surface area contributed by atoms with E-state index in [1.165, 1.54) is 0 Å². The molecule has 0 aliphatic carbocycles. The Morgan fingerprint density at radius 3 is 2.26 bits per heavy atom. The normalized spacial score (nSPS) is 14.7. The van der Waals surface area contributed by atoms with Crippen molar-refractivity contribution in [1.29, 1.82) is 0 Å². The summed E-state index contributed by atoms with van der Waals surface area (Å²) in [5.74, 6) is 0.623. The molecule has 3 rings (SSSR count). The Kier molecular flexibility index (Phi) is 8.90. The summed E-state index contributed by atoms with van der Waals surface area (Å²) >= 11 is 0. The van der Waals surface area contributed by atoms with E-state index in [-0.39, 0.29) is 23.6 Å². The summed E-state index contributed by atoms with van der Waals surface area (Å²) in [6.07, 6.45) is 2.03. The van der Waals surface area contributed by atoms with Gasteiger partial charge in [0.1, 0.15) is 17.5 Å². The van der Waals surface area contributed by atoms with Crippen LogP contribution >= 0.6 is 0 Å². The van der Waals surface area contributed by atoms with Crippen molar-refractivity contribution in [3.8, 4) is 11.5 Å². The van der Waals surface area contributed by atoms with E-state index < -0.39 is 6.04 Å². The predicted molar refractivity (Wildman–Crippen MR) is 129 cm³/mol. The summed E-state index contributed by atoms with van der Waals surface area (Å²) in [5, 5.41) is 5.84. The number of hydrogen-bond donors (Lipinski definition) is 2. The van der Waals surface area contributed by atoms with Gasteiger partial charge < -0.3 is 25.0 Å². The topological polar surface area (TPSA) is 97.0 Å². The van der Waals surface area contributed by atoms with E-state index in [2.05, 4.69) is 10.6 Å². The van der Waals surface area contributed by atoms with Crippen molar-refractivity contribution in [3.63, 3.8) is 0 Å². The fourth-order valence-electron chi connectivity index (χ4n) is 4.10. The number of likely N-dealkylation sites (tertiary alicyclic amines) is 1. The summed E-state index contributed by atoms with van der Waals surface area (Å²) in [7, 11) is 3.13. The molecule has 0 spiro atoms. The minimum absolute atomic E-state index is 0.0477. The predicted octanol–water partition coefficient (Wildman–Crippen LogP) is 2.88. The van der Waals surface area contributed by atoms with Crippen LogP contribution < -0.4 is 20.1 Å². The van der Waals surface area contributed by atoms with Gasteiger partial charge >= 0.3 is 0 Å². The lowest BCUT2D eigenvalue weighted by molar-refractivity contribution is -0.124. The lowest BCUT2D eigenvalue weighted by atomic mass is 9.88. The maximum Gasteiger partial charge on any atom is 0.253 e. The summed E-state index contributed by atoms with van der Waals surface area (Å²) in [5.41, 5.74) is 1.03. The van der Waals surface area contributed by atoms with Crippen LogP contribution in [-0.4, -0.2) is 62.5 Å². The van der Waals surface area contributed by atoms with Gasteiger partial charge in [-0.05, 0) is 67.6 Å². The van der Waals surface area contributed by atoms with Gasteiger partial charge in [0.25, 0.3) is 11.8 Å². The summed E-state index contributed by atoms with van der Waals surface area (Å²) in [6.45, 7) is 3.55. The monoisotopic (exact) mass is 467 g/mol. The van der Waals surface area contributed by atoms with Crippen molar-refractivity contribution in [1.82, 2.24) is 15.5 Å². The van der Waals surface area contributed by atoms with Crippen molar-refractivity contribution in [2.24, 2.45) is 5.92 Å². The highest BCUT2D eigenvalue weighted by atomic mass is 16.5. The van der Waals surface area contributed by atoms with Crippen LogP contribution in [0.2, 0.25) is 0 Å². The number of nitrogens with zero attached hydrogens (tertiary/aromatic N) is 1. The molecule has 1 aliphatic rings. The van der Waals surface area contributed by atoms with E-state index in [4.69, 9.17) is 9.47 Å². The number of benzene rings is 2. The van der Waals surface area contributed by atoms with Crippen LogP contribution in [0.5, 0.6) is 11.5 Å². The van der Waals surface area contributed by atoms with Gasteiger partial charge in [-0.2, -0.15) is 0 Å². The summed E-state index contributed by atoms with van der Waals surface area (Å²) in [4.78, 5) is 40.6. The smallest absolute Gasteiger partial charge is 0.253 e. The Labute approximate surface area is 200 Å². The largest absolute Gasteiger partial charge is 0.497 e. The van der Waals surface area contributed by atoms with Crippen LogP contribution in [0.15, 0.2) is 48.5 Å². The Morgan fingerprint density at radius 1 is 0.971 bits per heavy atom. The lowest BCUT2D eigenvalue weighted by Gasteiger charge is -2.36. The standard InChI is InChI=1S/C26H33N3O5/c1-4-14-27-25(31)23(28-24(30)20-6-5-7-22(17-20)34-3)18-12-15-29(16-13-18)26(32)19-8-10-21(33-2)11-9-19/h5-11,17-18,23H,4,12-16H2,1-3H3,(H,27,31)(H,28,30). The van der Waals surface area contributed by atoms with Crippen molar-refractivity contribution in [3.05, 3.63) is 59.7 Å². The highest BCUT2D eigenvalue weighted by Gasteiger charge is 2.34. The minimum atomic E-state index is -0.677. The number of hydrogen-bond acceptors (Lipinski definition) is 5. The molecule has 8 nitrogen and oxygen atoms in total. The van der Waals surface area contributed by atoms with Gasteiger partial charge in [-0.1, -0.05) is 13.0 Å². The average molecular weight is 468 g/mol. The quantitative estimate of drug-likeness (QED) is 0.591. The number of nitrogens with one attached hydrogen (secondary N) is 2. The molecule has 1 atom stereocenters. The fraction of sp³-hybridized carbons (Fsp3) is 0.423. The van der Waals surface area contributed by atoms with E-state index in [0.29, 0.717) is 55.1 Å². The first-order valence-corrected chi connectivity index (χ1v) is 11.6. The minimum Gasteiger partial charge on any atom is -0.497 e. The van der Waals surface area contributed by atoms with Crippen LogP contribution in [-0.2, 0) is 4.79 Å². The zero-order chi connectivity index (χ0) is 24.5. The third-order valence-corrected chi connectivity index (χ3v) is 6.09. The molecule has 1 heterocycles. The van der Waals surface area contributed by atoms with Crippen LogP contribution in [0.3, 0.4) is 0 Å². The van der Waals surface area contributed by atoms with E-state index in [1.54, 1.807) is 67.7 Å². The zero-order valence-corrected chi connectivity index (χ0v) is 20.0. The van der Waals surface area contributed by atoms with Gasteiger partial charge in [-0.15, -0.1) is 0 Å². The van der Waals surface area contributed by atoms with Crippen LogP contribution in [0.25, 0.3) is 0 Å². The molecule has 0 aromatic heterocycles. The molecule has 8 heteroatoms. The van der Waals surface area contributed by atoms with Gasteiger partial charge in [-0.3, -0.25) is 14.4 Å². The second-order valence-electron chi connectivity index (χ2n) is 8.33. The van der Waals surface area contributed by atoms with Gasteiger partial charge in [0, 0.05) is 30.8 Å². The first-order chi connectivity index (χ1) is 16.5. The highest BCUT2D eigenvalue weighted by Crippen LogP contribution is 2.24. The van der Waals surface area contributed by atoms with Gasteiger partial charge in [0.15, 0.2) is 0 Å². The fourth-order valence-corrected chi connectivity index (χ4v) is 4.10.